The van der Waals surface area contributed by atoms with E-state index in [-0.39, 0.29) is 10.8 Å². The summed E-state index contributed by atoms with van der Waals surface area (Å²) in [6, 6.07) is 17.3. The molecule has 1 heteroatoms. The second kappa shape index (κ2) is 11.0. The summed E-state index contributed by atoms with van der Waals surface area (Å²) in [6.07, 6.45) is 7.75. The molecule has 0 saturated heterocycles. The zero-order chi connectivity index (χ0) is 22.1. The average Bonchev–Trinajstić information content (AvgIpc) is 2.99. The summed E-state index contributed by atoms with van der Waals surface area (Å²) in [5.74, 6) is 0. The lowest BCUT2D eigenvalue weighted by atomic mass is 9.79. The zero-order valence-electron chi connectivity index (χ0n) is 20.1. The van der Waals surface area contributed by atoms with Gasteiger partial charge in [-0.2, -0.15) is 0 Å². The highest BCUT2D eigenvalue weighted by Gasteiger charge is 2.33. The van der Waals surface area contributed by atoms with Crippen molar-refractivity contribution in [2.24, 2.45) is 0 Å². The van der Waals surface area contributed by atoms with Crippen LogP contribution in [0.1, 0.15) is 78.5 Å². The lowest BCUT2D eigenvalue weighted by Crippen LogP contribution is -2.17. The standard InChI is InChI=1S/C24H29N.2C2H6/c1-18-12-6-7-13-19(18)23(2,3)17-11-10-16-22-24(4,5)20-14-8-9-15-21(20)25-22;2*1-2/h6-16,25H,17H2,1-5H3;2*1-2H3/b11-10+,22-16+;;. The van der Waals surface area contributed by atoms with Crippen LogP contribution in [0.25, 0.3) is 0 Å². The van der Waals surface area contributed by atoms with E-state index in [9.17, 15) is 0 Å². The van der Waals surface area contributed by atoms with Gasteiger partial charge in [-0.1, -0.05) is 110 Å². The van der Waals surface area contributed by atoms with E-state index in [0.29, 0.717) is 0 Å². The Kier molecular flexibility index (Phi) is 9.43. The van der Waals surface area contributed by atoms with Crippen molar-refractivity contribution in [3.63, 3.8) is 0 Å². The summed E-state index contributed by atoms with van der Waals surface area (Å²) in [5, 5.41) is 3.57. The number of fused-ring (bicyclic) bond motifs is 1. The van der Waals surface area contributed by atoms with Gasteiger partial charge >= 0.3 is 0 Å². The maximum Gasteiger partial charge on any atom is 0.0424 e. The van der Waals surface area contributed by atoms with Gasteiger partial charge in [0.1, 0.15) is 0 Å². The van der Waals surface area contributed by atoms with E-state index in [0.717, 1.165) is 6.42 Å². The van der Waals surface area contributed by atoms with E-state index >= 15 is 0 Å². The number of anilines is 1. The second-order valence-corrected chi connectivity index (χ2v) is 8.21. The van der Waals surface area contributed by atoms with Crippen LogP contribution in [-0.2, 0) is 10.8 Å². The van der Waals surface area contributed by atoms with Crippen molar-refractivity contribution in [3.05, 3.63) is 89.1 Å². The summed E-state index contributed by atoms with van der Waals surface area (Å²) in [6.45, 7) is 19.4. The van der Waals surface area contributed by atoms with Gasteiger partial charge in [0.2, 0.25) is 0 Å². The largest absolute Gasteiger partial charge is 0.358 e. The molecule has 1 aliphatic rings. The second-order valence-electron chi connectivity index (χ2n) is 8.21. The fraction of sp³-hybridized carbons (Fsp3) is 0.429. The molecule has 0 amide bonds. The van der Waals surface area contributed by atoms with Crippen LogP contribution in [0.5, 0.6) is 0 Å². The van der Waals surface area contributed by atoms with Gasteiger partial charge < -0.3 is 5.32 Å². The number of rotatable bonds is 4. The summed E-state index contributed by atoms with van der Waals surface area (Å²) in [5.41, 5.74) is 6.84. The molecule has 0 radical (unpaired) electrons. The first-order valence-electron chi connectivity index (χ1n) is 11.1. The number of para-hydroxylation sites is 1. The number of hydrogen-bond donors (Lipinski definition) is 1. The minimum absolute atomic E-state index is 0.0342. The van der Waals surface area contributed by atoms with Gasteiger partial charge in [-0.05, 0) is 47.6 Å². The first kappa shape index (κ1) is 24.8. The molecule has 0 unspecified atom stereocenters. The van der Waals surface area contributed by atoms with E-state index < -0.39 is 0 Å². The minimum Gasteiger partial charge on any atom is -0.358 e. The number of benzene rings is 2. The van der Waals surface area contributed by atoms with Crippen molar-refractivity contribution >= 4 is 5.69 Å². The average molecular weight is 392 g/mol. The molecule has 0 bridgehead atoms. The lowest BCUT2D eigenvalue weighted by Gasteiger charge is -2.25. The number of hydrogen-bond acceptors (Lipinski definition) is 1. The van der Waals surface area contributed by atoms with Gasteiger partial charge in [0.25, 0.3) is 0 Å². The van der Waals surface area contributed by atoms with Gasteiger partial charge in [-0.3, -0.25) is 0 Å². The predicted molar refractivity (Wildman–Crippen MR) is 132 cm³/mol. The SMILES string of the molecule is CC.CC.Cc1ccccc1C(C)(C)C/C=C/C=C1/Nc2ccccc2C1(C)C. The van der Waals surface area contributed by atoms with E-state index in [4.69, 9.17) is 0 Å². The van der Waals surface area contributed by atoms with Crippen molar-refractivity contribution in [3.8, 4) is 0 Å². The summed E-state index contributed by atoms with van der Waals surface area (Å²) >= 11 is 0. The summed E-state index contributed by atoms with van der Waals surface area (Å²) < 4.78 is 0. The normalized spacial score (nSPS) is 15.7. The smallest absolute Gasteiger partial charge is 0.0424 e. The molecule has 0 spiro atoms. The number of aryl methyl sites for hydroxylation is 1. The zero-order valence-corrected chi connectivity index (χ0v) is 20.1. The molecule has 0 saturated carbocycles. The molecule has 29 heavy (non-hydrogen) atoms. The predicted octanol–water partition coefficient (Wildman–Crippen LogP) is 8.56. The highest BCUT2D eigenvalue weighted by Crippen LogP contribution is 2.42. The molecule has 3 rings (SSSR count). The maximum atomic E-state index is 3.57. The fourth-order valence-corrected chi connectivity index (χ4v) is 3.80. The Morgan fingerprint density at radius 3 is 2.10 bits per heavy atom. The van der Waals surface area contributed by atoms with E-state index in [1.54, 1.807) is 0 Å². The van der Waals surface area contributed by atoms with Crippen LogP contribution in [0.15, 0.2) is 72.5 Å². The third-order valence-electron chi connectivity index (χ3n) is 5.44. The Balaban J connectivity index is 0.000000989. The van der Waals surface area contributed by atoms with Crippen molar-refractivity contribution in [2.75, 3.05) is 5.32 Å². The van der Waals surface area contributed by atoms with Crippen LogP contribution in [-0.4, -0.2) is 0 Å². The van der Waals surface area contributed by atoms with E-state index in [2.05, 4.69) is 107 Å². The number of allylic oxidation sites excluding steroid dienone is 4. The summed E-state index contributed by atoms with van der Waals surface area (Å²) in [7, 11) is 0. The van der Waals surface area contributed by atoms with E-state index in [1.807, 2.05) is 27.7 Å². The molecule has 1 N–H and O–H groups in total. The third-order valence-corrected chi connectivity index (χ3v) is 5.44. The van der Waals surface area contributed by atoms with Crippen LogP contribution in [0.3, 0.4) is 0 Å². The third kappa shape index (κ3) is 5.85. The fourth-order valence-electron chi connectivity index (χ4n) is 3.80. The van der Waals surface area contributed by atoms with Gasteiger partial charge in [0.05, 0.1) is 0 Å². The van der Waals surface area contributed by atoms with Crippen LogP contribution >= 0.6 is 0 Å². The Morgan fingerprint density at radius 1 is 0.897 bits per heavy atom. The van der Waals surface area contributed by atoms with Crippen molar-refractivity contribution < 1.29 is 0 Å². The quantitative estimate of drug-likeness (QED) is 0.550. The Morgan fingerprint density at radius 2 is 1.48 bits per heavy atom. The van der Waals surface area contributed by atoms with E-state index in [1.165, 1.54) is 28.1 Å². The van der Waals surface area contributed by atoms with Crippen molar-refractivity contribution in [1.29, 1.82) is 0 Å². The first-order valence-corrected chi connectivity index (χ1v) is 11.1. The molecular formula is C28H41N. The molecule has 2 aromatic carbocycles. The number of nitrogens with one attached hydrogen (secondary N) is 1. The molecule has 2 aromatic rings. The Labute approximate surface area is 180 Å². The van der Waals surface area contributed by atoms with Crippen LogP contribution in [0.4, 0.5) is 5.69 Å². The summed E-state index contributed by atoms with van der Waals surface area (Å²) in [4.78, 5) is 0. The van der Waals surface area contributed by atoms with Gasteiger partial charge in [-0.15, -0.1) is 0 Å². The Bertz CT molecular complexity index is 822. The van der Waals surface area contributed by atoms with Crippen LogP contribution in [0, 0.1) is 6.92 Å². The van der Waals surface area contributed by atoms with Crippen LogP contribution in [0.2, 0.25) is 0 Å². The highest BCUT2D eigenvalue weighted by molar-refractivity contribution is 5.68. The molecule has 0 aliphatic carbocycles. The van der Waals surface area contributed by atoms with Gasteiger partial charge in [-0.25, -0.2) is 0 Å². The van der Waals surface area contributed by atoms with Crippen molar-refractivity contribution in [1.82, 2.24) is 0 Å². The molecule has 0 aromatic heterocycles. The topological polar surface area (TPSA) is 12.0 Å². The minimum atomic E-state index is 0.0342. The van der Waals surface area contributed by atoms with Gasteiger partial charge in [0.15, 0.2) is 0 Å². The Hall–Kier alpha value is -2.28. The lowest BCUT2D eigenvalue weighted by molar-refractivity contribution is 0.530. The molecule has 158 valence electrons. The van der Waals surface area contributed by atoms with Crippen molar-refractivity contribution in [2.45, 2.75) is 79.6 Å². The molecule has 1 nitrogen and oxygen atoms in total. The molecular weight excluding hydrogens is 350 g/mol. The first-order chi connectivity index (χ1) is 13.8. The maximum absolute atomic E-state index is 3.57. The monoisotopic (exact) mass is 391 g/mol. The molecule has 1 heterocycles. The highest BCUT2D eigenvalue weighted by atomic mass is 14.9. The molecule has 1 aliphatic heterocycles. The molecule has 0 atom stereocenters. The van der Waals surface area contributed by atoms with Gasteiger partial charge in [0, 0.05) is 16.8 Å². The van der Waals surface area contributed by atoms with Crippen LogP contribution < -0.4 is 5.32 Å². The molecule has 0 fully saturated rings.